The molecule has 0 radical (unpaired) electrons. The first-order valence-electron chi connectivity index (χ1n) is 5.52. The van der Waals surface area contributed by atoms with Crippen LogP contribution in [0.15, 0.2) is 47.4 Å². The van der Waals surface area contributed by atoms with Gasteiger partial charge in [-0.05, 0) is 18.2 Å². The summed E-state index contributed by atoms with van der Waals surface area (Å²) in [6.07, 6.45) is 1.69. The van der Waals surface area contributed by atoms with Gasteiger partial charge in [0, 0.05) is 25.4 Å². The fourth-order valence-corrected chi connectivity index (χ4v) is 1.77. The summed E-state index contributed by atoms with van der Waals surface area (Å²) in [4.78, 5) is 11.4. The molecule has 0 aliphatic heterocycles. The number of rotatable bonds is 4. The number of halogens is 2. The van der Waals surface area contributed by atoms with Crippen LogP contribution in [0.1, 0.15) is 0 Å². The van der Waals surface area contributed by atoms with Crippen LogP contribution in [0.4, 0.5) is 10.1 Å². The highest BCUT2D eigenvalue weighted by atomic mass is 35.5. The maximum atomic E-state index is 13.5. The largest absolute Gasteiger partial charge is 0.381 e. The van der Waals surface area contributed by atoms with Crippen LogP contribution >= 0.6 is 11.6 Å². The van der Waals surface area contributed by atoms with Crippen LogP contribution in [0.5, 0.6) is 0 Å². The van der Waals surface area contributed by atoms with Crippen molar-refractivity contribution in [3.05, 3.63) is 63.8 Å². The normalized spacial score (nSPS) is 10.3. The lowest BCUT2D eigenvalue weighted by molar-refractivity contribution is 0.627. The van der Waals surface area contributed by atoms with Crippen LogP contribution in [-0.4, -0.2) is 11.1 Å². The summed E-state index contributed by atoms with van der Waals surface area (Å²) in [6, 6.07) is 9.71. The number of pyridine rings is 1. The van der Waals surface area contributed by atoms with Crippen molar-refractivity contribution in [2.24, 2.45) is 0 Å². The van der Waals surface area contributed by atoms with Gasteiger partial charge in [0.1, 0.15) is 0 Å². The summed E-state index contributed by atoms with van der Waals surface area (Å²) >= 11 is 5.66. The number of benzene rings is 1. The summed E-state index contributed by atoms with van der Waals surface area (Å²) in [5.74, 6) is -0.473. The Hall–Kier alpha value is -1.81. The number of nitrogens with zero attached hydrogens (tertiary/aromatic N) is 1. The van der Waals surface area contributed by atoms with Gasteiger partial charge in [-0.15, -0.1) is 0 Å². The minimum Gasteiger partial charge on any atom is -0.381 e. The van der Waals surface area contributed by atoms with E-state index in [1.807, 2.05) is 0 Å². The van der Waals surface area contributed by atoms with Crippen molar-refractivity contribution in [3.63, 3.8) is 0 Å². The molecule has 0 unspecified atom stereocenters. The molecule has 18 heavy (non-hydrogen) atoms. The van der Waals surface area contributed by atoms with Crippen LogP contribution in [0, 0.1) is 5.82 Å². The second-order valence-corrected chi connectivity index (χ2v) is 4.17. The fourth-order valence-electron chi connectivity index (χ4n) is 1.60. The topological polar surface area (TPSA) is 34.0 Å². The van der Waals surface area contributed by atoms with Crippen LogP contribution in [0.3, 0.4) is 0 Å². The van der Waals surface area contributed by atoms with E-state index in [1.165, 1.54) is 12.1 Å². The van der Waals surface area contributed by atoms with Crippen LogP contribution < -0.4 is 10.9 Å². The second kappa shape index (κ2) is 5.69. The van der Waals surface area contributed by atoms with Gasteiger partial charge in [-0.3, -0.25) is 4.79 Å². The Morgan fingerprint density at radius 1 is 1.22 bits per heavy atom. The molecule has 0 atom stereocenters. The lowest BCUT2D eigenvalue weighted by Gasteiger charge is -2.09. The van der Waals surface area contributed by atoms with Gasteiger partial charge in [-0.25, -0.2) is 4.39 Å². The molecule has 0 saturated carbocycles. The maximum Gasteiger partial charge on any atom is 0.250 e. The Kier molecular flexibility index (Phi) is 3.99. The summed E-state index contributed by atoms with van der Waals surface area (Å²) in [7, 11) is 0. The molecule has 2 aromatic rings. The summed E-state index contributed by atoms with van der Waals surface area (Å²) in [6.45, 7) is 0.910. The zero-order chi connectivity index (χ0) is 13.0. The Bertz CT molecular complexity index is 598. The van der Waals surface area contributed by atoms with E-state index in [2.05, 4.69) is 5.32 Å². The lowest BCUT2D eigenvalue weighted by atomic mass is 10.3. The van der Waals surface area contributed by atoms with Gasteiger partial charge in [-0.2, -0.15) is 0 Å². The van der Waals surface area contributed by atoms with Crippen LogP contribution in [0.2, 0.25) is 5.02 Å². The number of hydrogen-bond acceptors (Lipinski definition) is 2. The molecular weight excluding hydrogens is 255 g/mol. The highest BCUT2D eigenvalue weighted by molar-refractivity contribution is 6.31. The van der Waals surface area contributed by atoms with Crippen molar-refractivity contribution >= 4 is 17.3 Å². The molecule has 1 heterocycles. The third kappa shape index (κ3) is 2.90. The van der Waals surface area contributed by atoms with E-state index < -0.39 is 5.82 Å². The average molecular weight is 267 g/mol. The molecule has 1 N–H and O–H groups in total. The highest BCUT2D eigenvalue weighted by Crippen LogP contribution is 2.21. The molecule has 0 spiro atoms. The van der Waals surface area contributed by atoms with Gasteiger partial charge in [0.2, 0.25) is 0 Å². The van der Waals surface area contributed by atoms with Gasteiger partial charge < -0.3 is 9.88 Å². The standard InChI is InChI=1S/C13H12ClFN2O/c14-10-4-3-5-11(13(10)15)16-7-9-17-8-2-1-6-12(17)18/h1-6,8,16H,7,9H2. The monoisotopic (exact) mass is 266 g/mol. The van der Waals surface area contributed by atoms with Crippen LogP contribution in [-0.2, 0) is 6.54 Å². The third-order valence-corrected chi connectivity index (χ3v) is 2.81. The minimum atomic E-state index is -0.473. The molecule has 0 aliphatic rings. The number of hydrogen-bond donors (Lipinski definition) is 1. The molecule has 1 aromatic carbocycles. The molecule has 5 heteroatoms. The van der Waals surface area contributed by atoms with E-state index in [0.717, 1.165) is 0 Å². The quantitative estimate of drug-likeness (QED) is 0.923. The molecule has 0 aliphatic carbocycles. The van der Waals surface area contributed by atoms with E-state index in [4.69, 9.17) is 11.6 Å². The Labute approximate surface area is 109 Å². The van der Waals surface area contributed by atoms with E-state index >= 15 is 0 Å². The van der Waals surface area contributed by atoms with Crippen molar-refractivity contribution < 1.29 is 4.39 Å². The van der Waals surface area contributed by atoms with Gasteiger partial charge in [0.15, 0.2) is 5.82 Å². The first kappa shape index (κ1) is 12.6. The molecular formula is C13H12ClFN2O. The zero-order valence-electron chi connectivity index (χ0n) is 9.57. The summed E-state index contributed by atoms with van der Waals surface area (Å²) < 4.78 is 15.1. The molecule has 0 fully saturated rings. The predicted molar refractivity (Wildman–Crippen MR) is 70.6 cm³/mol. The van der Waals surface area contributed by atoms with Crippen molar-refractivity contribution in [1.29, 1.82) is 0 Å². The number of aromatic nitrogens is 1. The zero-order valence-corrected chi connectivity index (χ0v) is 10.3. The number of anilines is 1. The van der Waals surface area contributed by atoms with Gasteiger partial charge in [-0.1, -0.05) is 23.7 Å². The molecule has 1 aromatic heterocycles. The number of nitrogens with one attached hydrogen (secondary N) is 1. The summed E-state index contributed by atoms with van der Waals surface area (Å²) in [5, 5.41) is 2.99. The Morgan fingerprint density at radius 3 is 2.83 bits per heavy atom. The van der Waals surface area contributed by atoms with Gasteiger partial charge in [0.05, 0.1) is 10.7 Å². The fraction of sp³-hybridized carbons (Fsp3) is 0.154. The van der Waals surface area contributed by atoms with Gasteiger partial charge >= 0.3 is 0 Å². The van der Waals surface area contributed by atoms with E-state index in [0.29, 0.717) is 18.8 Å². The maximum absolute atomic E-state index is 13.5. The molecule has 0 bridgehead atoms. The highest BCUT2D eigenvalue weighted by Gasteiger charge is 2.04. The molecule has 94 valence electrons. The summed E-state index contributed by atoms with van der Waals surface area (Å²) in [5.41, 5.74) is 0.261. The van der Waals surface area contributed by atoms with Crippen molar-refractivity contribution in [3.8, 4) is 0 Å². The first-order chi connectivity index (χ1) is 8.68. The van der Waals surface area contributed by atoms with Crippen molar-refractivity contribution in [2.45, 2.75) is 6.54 Å². The lowest BCUT2D eigenvalue weighted by Crippen LogP contribution is -2.22. The Morgan fingerprint density at radius 2 is 2.06 bits per heavy atom. The van der Waals surface area contributed by atoms with E-state index in [1.54, 1.807) is 35.0 Å². The SMILES string of the molecule is O=c1ccccn1CCNc1cccc(Cl)c1F. The third-order valence-electron chi connectivity index (χ3n) is 2.52. The first-order valence-corrected chi connectivity index (χ1v) is 5.89. The van der Waals surface area contributed by atoms with Crippen molar-refractivity contribution in [2.75, 3.05) is 11.9 Å². The molecule has 0 saturated heterocycles. The average Bonchev–Trinajstić information content (AvgIpc) is 2.37. The smallest absolute Gasteiger partial charge is 0.250 e. The van der Waals surface area contributed by atoms with Crippen molar-refractivity contribution in [1.82, 2.24) is 4.57 Å². The predicted octanol–water partition coefficient (Wildman–Crippen LogP) is 2.75. The van der Waals surface area contributed by atoms with Crippen LogP contribution in [0.25, 0.3) is 0 Å². The Balaban J connectivity index is 1.99. The van der Waals surface area contributed by atoms with E-state index in [9.17, 15) is 9.18 Å². The second-order valence-electron chi connectivity index (χ2n) is 3.76. The molecule has 2 rings (SSSR count). The van der Waals surface area contributed by atoms with Gasteiger partial charge in [0.25, 0.3) is 5.56 Å². The minimum absolute atomic E-state index is 0.0779. The molecule has 3 nitrogen and oxygen atoms in total. The van der Waals surface area contributed by atoms with E-state index in [-0.39, 0.29) is 10.6 Å². The molecule has 0 amide bonds.